The number of hydrogen-bond donors (Lipinski definition) is 2. The number of carboxylic acid groups (broad SMARTS) is 1. The van der Waals surface area contributed by atoms with E-state index in [9.17, 15) is 4.79 Å². The van der Waals surface area contributed by atoms with Crippen LogP contribution in [-0.4, -0.2) is 25.8 Å². The van der Waals surface area contributed by atoms with Crippen LogP contribution in [0.1, 0.15) is 16.1 Å². The fourth-order valence-electron chi connectivity index (χ4n) is 1.36. The number of aromatic carboxylic acids is 1. The van der Waals surface area contributed by atoms with Gasteiger partial charge in [0, 0.05) is 6.20 Å². The maximum absolute atomic E-state index is 10.8. The lowest BCUT2D eigenvalue weighted by atomic mass is 10.3. The Balaban J connectivity index is 2.53. The van der Waals surface area contributed by atoms with Crippen molar-refractivity contribution in [2.45, 2.75) is 6.92 Å². The van der Waals surface area contributed by atoms with Crippen molar-refractivity contribution in [2.24, 2.45) is 0 Å². The number of rotatable bonds is 2. The predicted octanol–water partition coefficient (Wildman–Crippen LogP) is 1.62. The second kappa shape index (κ2) is 4.17. The topological polar surface area (TPSA) is 94.0 Å². The molecule has 0 aromatic carbocycles. The minimum atomic E-state index is -1.16. The van der Waals surface area contributed by atoms with Gasteiger partial charge in [0.05, 0.1) is 16.4 Å². The molecule has 0 radical (unpaired) electrons. The minimum Gasteiger partial charge on any atom is -0.476 e. The number of aromatic nitrogens is 3. The van der Waals surface area contributed by atoms with E-state index in [1.54, 1.807) is 6.20 Å². The summed E-state index contributed by atoms with van der Waals surface area (Å²) < 4.78 is 2.06. The summed E-state index contributed by atoms with van der Waals surface area (Å²) in [5.74, 6) is -0.667. The number of carboxylic acids is 1. The Kier molecular flexibility index (Phi) is 2.84. The van der Waals surface area contributed by atoms with Gasteiger partial charge in [0.1, 0.15) is 0 Å². The number of hydrogen-bond acceptors (Lipinski definition) is 4. The van der Waals surface area contributed by atoms with E-state index in [1.807, 2.05) is 13.0 Å². The number of aryl methyl sites for hydroxylation is 1. The summed E-state index contributed by atoms with van der Waals surface area (Å²) >= 11 is 3.34. The number of nitrogens with zero attached hydrogens (tertiary/aromatic N) is 3. The molecular formula is C10H9BrN4O2. The molecule has 2 aromatic rings. The lowest BCUT2D eigenvalue weighted by molar-refractivity contribution is 0.0691. The summed E-state index contributed by atoms with van der Waals surface area (Å²) in [5.41, 5.74) is 6.46. The molecule has 0 amide bonds. The van der Waals surface area contributed by atoms with Gasteiger partial charge in [0.25, 0.3) is 0 Å². The van der Waals surface area contributed by atoms with E-state index in [2.05, 4.69) is 26.0 Å². The van der Waals surface area contributed by atoms with E-state index in [0.29, 0.717) is 5.82 Å². The summed E-state index contributed by atoms with van der Waals surface area (Å²) in [5, 5.41) is 12.7. The maximum atomic E-state index is 10.8. The molecule has 88 valence electrons. The average Bonchev–Trinajstić information content (AvgIpc) is 2.60. The monoisotopic (exact) mass is 296 g/mol. The molecule has 0 fully saturated rings. The summed E-state index contributed by atoms with van der Waals surface area (Å²) in [6.45, 7) is 1.90. The molecule has 0 bridgehead atoms. The third kappa shape index (κ3) is 2.14. The zero-order valence-corrected chi connectivity index (χ0v) is 10.5. The Hall–Kier alpha value is -1.89. The largest absolute Gasteiger partial charge is 0.476 e. The molecule has 0 aliphatic carbocycles. The summed E-state index contributed by atoms with van der Waals surface area (Å²) in [6.07, 6.45) is 3.09. The second-order valence-corrected chi connectivity index (χ2v) is 4.36. The van der Waals surface area contributed by atoms with Gasteiger partial charge in [-0.3, -0.25) is 0 Å². The van der Waals surface area contributed by atoms with E-state index in [4.69, 9.17) is 10.8 Å². The van der Waals surface area contributed by atoms with Crippen molar-refractivity contribution in [2.75, 3.05) is 5.73 Å². The molecule has 6 nitrogen and oxygen atoms in total. The van der Waals surface area contributed by atoms with Gasteiger partial charge in [-0.05, 0) is 34.5 Å². The fraction of sp³-hybridized carbons (Fsp3) is 0.100. The van der Waals surface area contributed by atoms with Crippen LogP contribution in [0.2, 0.25) is 0 Å². The number of pyridine rings is 1. The molecule has 17 heavy (non-hydrogen) atoms. The van der Waals surface area contributed by atoms with Crippen molar-refractivity contribution in [3.63, 3.8) is 0 Å². The first-order chi connectivity index (χ1) is 7.99. The van der Waals surface area contributed by atoms with Gasteiger partial charge in [-0.1, -0.05) is 0 Å². The molecule has 0 saturated heterocycles. The SMILES string of the molecule is Cc1cnc(-n2cc(N)c(C(=O)O)n2)c(Br)c1. The first kappa shape index (κ1) is 11.6. The van der Waals surface area contributed by atoms with Crippen LogP contribution in [-0.2, 0) is 0 Å². The van der Waals surface area contributed by atoms with Gasteiger partial charge >= 0.3 is 5.97 Å². The Morgan fingerprint density at radius 1 is 1.59 bits per heavy atom. The van der Waals surface area contributed by atoms with Gasteiger partial charge in [0.2, 0.25) is 0 Å². The quantitative estimate of drug-likeness (QED) is 0.878. The molecule has 3 N–H and O–H groups in total. The number of nitrogen functional groups attached to an aromatic ring is 1. The van der Waals surface area contributed by atoms with Crippen LogP contribution in [0.25, 0.3) is 5.82 Å². The molecule has 0 aliphatic heterocycles. The molecule has 0 aliphatic rings. The Labute approximate surface area is 105 Å². The van der Waals surface area contributed by atoms with Crippen molar-refractivity contribution < 1.29 is 9.90 Å². The van der Waals surface area contributed by atoms with Crippen LogP contribution in [0.15, 0.2) is 22.9 Å². The van der Waals surface area contributed by atoms with Crippen LogP contribution in [0.4, 0.5) is 5.69 Å². The normalized spacial score (nSPS) is 10.5. The van der Waals surface area contributed by atoms with E-state index >= 15 is 0 Å². The van der Waals surface area contributed by atoms with E-state index < -0.39 is 5.97 Å². The highest BCUT2D eigenvalue weighted by molar-refractivity contribution is 9.10. The highest BCUT2D eigenvalue weighted by Gasteiger charge is 2.15. The smallest absolute Gasteiger partial charge is 0.358 e. The Morgan fingerprint density at radius 2 is 2.29 bits per heavy atom. The standard InChI is InChI=1S/C10H9BrN4O2/c1-5-2-6(11)9(13-3-5)15-4-7(12)8(14-15)10(16)17/h2-4H,12H2,1H3,(H,16,17). The maximum Gasteiger partial charge on any atom is 0.358 e. The van der Waals surface area contributed by atoms with Crippen LogP contribution < -0.4 is 5.73 Å². The van der Waals surface area contributed by atoms with Crippen LogP contribution >= 0.6 is 15.9 Å². The molecule has 0 spiro atoms. The lowest BCUT2D eigenvalue weighted by Gasteiger charge is -2.03. The molecule has 2 rings (SSSR count). The molecule has 7 heteroatoms. The van der Waals surface area contributed by atoms with Crippen molar-refractivity contribution >= 4 is 27.6 Å². The van der Waals surface area contributed by atoms with E-state index in [0.717, 1.165) is 10.0 Å². The molecular weight excluding hydrogens is 288 g/mol. The number of carbonyl (C=O) groups is 1. The zero-order chi connectivity index (χ0) is 12.6. The highest BCUT2D eigenvalue weighted by Crippen LogP contribution is 2.21. The summed E-state index contributed by atoms with van der Waals surface area (Å²) in [6, 6.07) is 1.86. The average molecular weight is 297 g/mol. The second-order valence-electron chi connectivity index (χ2n) is 3.50. The van der Waals surface area contributed by atoms with Gasteiger partial charge < -0.3 is 10.8 Å². The van der Waals surface area contributed by atoms with Gasteiger partial charge in [0.15, 0.2) is 11.5 Å². The van der Waals surface area contributed by atoms with Crippen LogP contribution in [0, 0.1) is 6.92 Å². The van der Waals surface area contributed by atoms with Gasteiger partial charge in [-0.25, -0.2) is 14.5 Å². The van der Waals surface area contributed by atoms with Crippen molar-refractivity contribution in [3.05, 3.63) is 34.2 Å². The molecule has 2 heterocycles. The Bertz CT molecular complexity index is 594. The first-order valence-electron chi connectivity index (χ1n) is 4.70. The summed E-state index contributed by atoms with van der Waals surface area (Å²) in [4.78, 5) is 15.0. The molecule has 0 atom stereocenters. The molecule has 2 aromatic heterocycles. The van der Waals surface area contributed by atoms with Crippen molar-refractivity contribution in [1.82, 2.24) is 14.8 Å². The Morgan fingerprint density at radius 3 is 2.82 bits per heavy atom. The number of nitrogens with two attached hydrogens (primary N) is 1. The third-order valence-corrected chi connectivity index (χ3v) is 2.70. The zero-order valence-electron chi connectivity index (χ0n) is 8.88. The first-order valence-corrected chi connectivity index (χ1v) is 5.49. The fourth-order valence-corrected chi connectivity index (χ4v) is 2.00. The van der Waals surface area contributed by atoms with Crippen LogP contribution in [0.5, 0.6) is 0 Å². The minimum absolute atomic E-state index is 0.103. The third-order valence-electron chi connectivity index (χ3n) is 2.12. The van der Waals surface area contributed by atoms with E-state index in [-0.39, 0.29) is 11.4 Å². The number of anilines is 1. The van der Waals surface area contributed by atoms with Gasteiger partial charge in [-0.2, -0.15) is 5.10 Å². The van der Waals surface area contributed by atoms with Crippen molar-refractivity contribution in [1.29, 1.82) is 0 Å². The predicted molar refractivity (Wildman–Crippen MR) is 65.2 cm³/mol. The highest BCUT2D eigenvalue weighted by atomic mass is 79.9. The summed E-state index contributed by atoms with van der Waals surface area (Å²) in [7, 11) is 0. The van der Waals surface area contributed by atoms with Gasteiger partial charge in [-0.15, -0.1) is 0 Å². The number of halogens is 1. The lowest BCUT2D eigenvalue weighted by Crippen LogP contribution is -2.04. The van der Waals surface area contributed by atoms with Crippen molar-refractivity contribution in [3.8, 4) is 5.82 Å². The molecule has 0 unspecified atom stereocenters. The van der Waals surface area contributed by atoms with Crippen LogP contribution in [0.3, 0.4) is 0 Å². The van der Waals surface area contributed by atoms with E-state index in [1.165, 1.54) is 10.9 Å². The molecule has 0 saturated carbocycles.